The molecule has 6 heteroatoms. The number of rotatable bonds is 8. The lowest BCUT2D eigenvalue weighted by atomic mass is 10.2. The van der Waals surface area contributed by atoms with E-state index in [0.29, 0.717) is 24.2 Å². The largest absolute Gasteiger partial charge is 0.375 e. The zero-order valence-corrected chi connectivity index (χ0v) is 15.8. The minimum atomic E-state index is 0.575. The molecule has 0 atom stereocenters. The second kappa shape index (κ2) is 8.16. The molecule has 0 spiro atoms. The van der Waals surface area contributed by atoms with Gasteiger partial charge in [0.25, 0.3) is 0 Å². The maximum Gasteiger partial charge on any atom is 0.224 e. The molecule has 1 aromatic heterocycles. The van der Waals surface area contributed by atoms with Gasteiger partial charge in [0.15, 0.2) is 5.82 Å². The maximum atomic E-state index is 4.55. The van der Waals surface area contributed by atoms with Crippen molar-refractivity contribution < 1.29 is 0 Å². The number of hydrogen-bond donors (Lipinski definition) is 3. The second-order valence-electron chi connectivity index (χ2n) is 6.01. The average molecular weight is 400 g/mol. The fourth-order valence-corrected chi connectivity index (χ4v) is 2.66. The minimum Gasteiger partial charge on any atom is -0.375 e. The summed E-state index contributed by atoms with van der Waals surface area (Å²) in [6.07, 6.45) is 6.25. The minimum absolute atomic E-state index is 0.575. The molecule has 1 aromatic carbocycles. The van der Waals surface area contributed by atoms with E-state index in [4.69, 9.17) is 0 Å². The SMILES string of the molecule is C=C(/C=C(\NC)Nc1nc(NCc2ccccc2)ncc1Br)C1CC1. The molecule has 1 saturated carbocycles. The Morgan fingerprint density at radius 3 is 2.76 bits per heavy atom. The number of benzene rings is 1. The van der Waals surface area contributed by atoms with Gasteiger partial charge in [0.2, 0.25) is 5.95 Å². The number of nitrogens with one attached hydrogen (secondary N) is 3. The van der Waals surface area contributed by atoms with Crippen molar-refractivity contribution in [1.82, 2.24) is 15.3 Å². The zero-order valence-electron chi connectivity index (χ0n) is 14.2. The number of halogens is 1. The van der Waals surface area contributed by atoms with Gasteiger partial charge in [0.05, 0.1) is 4.47 Å². The Hall–Kier alpha value is -2.34. The molecule has 3 N–H and O–H groups in total. The third kappa shape index (κ3) is 5.06. The lowest BCUT2D eigenvalue weighted by Crippen LogP contribution is -2.17. The quantitative estimate of drug-likeness (QED) is 0.577. The molecule has 2 aromatic rings. The van der Waals surface area contributed by atoms with Gasteiger partial charge in [-0.1, -0.05) is 36.9 Å². The lowest BCUT2D eigenvalue weighted by Gasteiger charge is -2.13. The van der Waals surface area contributed by atoms with Crippen molar-refractivity contribution in [3.63, 3.8) is 0 Å². The van der Waals surface area contributed by atoms with Gasteiger partial charge in [-0.05, 0) is 51.9 Å². The van der Waals surface area contributed by atoms with Crippen LogP contribution in [0.4, 0.5) is 11.8 Å². The van der Waals surface area contributed by atoms with Gasteiger partial charge in [-0.3, -0.25) is 0 Å². The van der Waals surface area contributed by atoms with Gasteiger partial charge < -0.3 is 16.0 Å². The van der Waals surface area contributed by atoms with Crippen LogP contribution in [0, 0.1) is 5.92 Å². The van der Waals surface area contributed by atoms with Gasteiger partial charge >= 0.3 is 0 Å². The fourth-order valence-electron chi connectivity index (χ4n) is 2.37. The molecule has 3 rings (SSSR count). The van der Waals surface area contributed by atoms with Crippen LogP contribution in [-0.2, 0) is 6.54 Å². The van der Waals surface area contributed by atoms with Crippen LogP contribution in [0.15, 0.2) is 65.1 Å². The molecule has 1 heterocycles. The Bertz CT molecular complexity index is 769. The highest BCUT2D eigenvalue weighted by molar-refractivity contribution is 9.10. The Morgan fingerprint density at radius 1 is 1.32 bits per heavy atom. The highest BCUT2D eigenvalue weighted by Crippen LogP contribution is 2.36. The van der Waals surface area contributed by atoms with Crippen molar-refractivity contribution in [2.45, 2.75) is 19.4 Å². The first kappa shape index (κ1) is 17.5. The second-order valence-corrected chi connectivity index (χ2v) is 6.87. The first-order valence-electron chi connectivity index (χ1n) is 8.31. The van der Waals surface area contributed by atoms with Crippen molar-refractivity contribution in [3.8, 4) is 0 Å². The summed E-state index contributed by atoms with van der Waals surface area (Å²) in [5.74, 6) is 2.77. The molecule has 0 unspecified atom stereocenters. The van der Waals surface area contributed by atoms with Crippen molar-refractivity contribution in [1.29, 1.82) is 0 Å². The normalized spacial score (nSPS) is 14.1. The van der Waals surface area contributed by atoms with Crippen LogP contribution in [-0.4, -0.2) is 17.0 Å². The summed E-state index contributed by atoms with van der Waals surface area (Å²) in [5.41, 5.74) is 2.32. The highest BCUT2D eigenvalue weighted by Gasteiger charge is 2.23. The zero-order chi connectivity index (χ0) is 17.6. The van der Waals surface area contributed by atoms with Crippen molar-refractivity contribution in [2.24, 2.45) is 5.92 Å². The smallest absolute Gasteiger partial charge is 0.224 e. The van der Waals surface area contributed by atoms with Crippen molar-refractivity contribution >= 4 is 27.7 Å². The Balaban J connectivity index is 1.69. The highest BCUT2D eigenvalue weighted by atomic mass is 79.9. The third-order valence-electron chi connectivity index (χ3n) is 3.99. The summed E-state index contributed by atoms with van der Waals surface area (Å²) < 4.78 is 0.802. The number of aromatic nitrogens is 2. The van der Waals surface area contributed by atoms with Crippen LogP contribution >= 0.6 is 15.9 Å². The average Bonchev–Trinajstić information content (AvgIpc) is 3.47. The molecule has 1 fully saturated rings. The predicted octanol–water partition coefficient (Wildman–Crippen LogP) is 4.29. The van der Waals surface area contributed by atoms with Crippen molar-refractivity contribution in [2.75, 3.05) is 17.7 Å². The first-order valence-corrected chi connectivity index (χ1v) is 9.10. The van der Waals surface area contributed by atoms with Gasteiger partial charge in [0.1, 0.15) is 5.82 Å². The number of anilines is 2. The van der Waals surface area contributed by atoms with E-state index in [1.807, 2.05) is 31.3 Å². The fraction of sp³-hybridized carbons (Fsp3) is 0.263. The Kier molecular flexibility index (Phi) is 5.71. The number of nitrogens with zero attached hydrogens (tertiary/aromatic N) is 2. The molecule has 0 bridgehead atoms. The molecule has 1 aliphatic carbocycles. The molecular formula is C19H22BrN5. The van der Waals surface area contributed by atoms with E-state index in [2.05, 4.69) is 60.6 Å². The van der Waals surface area contributed by atoms with Crippen LogP contribution < -0.4 is 16.0 Å². The number of allylic oxidation sites excluding steroid dienone is 2. The van der Waals surface area contributed by atoms with Gasteiger partial charge in [-0.25, -0.2) is 4.98 Å². The molecule has 0 aliphatic heterocycles. The predicted molar refractivity (Wildman–Crippen MR) is 106 cm³/mol. The van der Waals surface area contributed by atoms with Gasteiger partial charge in [-0.15, -0.1) is 0 Å². The van der Waals surface area contributed by atoms with E-state index in [1.165, 1.54) is 18.4 Å². The van der Waals surface area contributed by atoms with Gasteiger partial charge in [-0.2, -0.15) is 4.98 Å². The first-order chi connectivity index (χ1) is 12.2. The summed E-state index contributed by atoms with van der Waals surface area (Å²) in [6, 6.07) is 10.2. The summed E-state index contributed by atoms with van der Waals surface area (Å²) in [7, 11) is 1.88. The monoisotopic (exact) mass is 399 g/mol. The van der Waals surface area contributed by atoms with E-state index < -0.39 is 0 Å². The molecule has 0 amide bonds. The summed E-state index contributed by atoms with van der Waals surface area (Å²) in [5, 5.41) is 9.70. The molecule has 5 nitrogen and oxygen atoms in total. The van der Waals surface area contributed by atoms with Crippen LogP contribution in [0.25, 0.3) is 0 Å². The van der Waals surface area contributed by atoms with E-state index in [0.717, 1.165) is 15.9 Å². The van der Waals surface area contributed by atoms with Crippen LogP contribution in [0.5, 0.6) is 0 Å². The lowest BCUT2D eigenvalue weighted by molar-refractivity contribution is 0.960. The van der Waals surface area contributed by atoms with E-state index in [9.17, 15) is 0 Å². The summed E-state index contributed by atoms with van der Waals surface area (Å²) in [4.78, 5) is 8.87. The molecular weight excluding hydrogens is 378 g/mol. The van der Waals surface area contributed by atoms with Gasteiger partial charge in [0, 0.05) is 19.8 Å². The molecule has 0 radical (unpaired) electrons. The maximum absolute atomic E-state index is 4.55. The van der Waals surface area contributed by atoms with E-state index in [1.54, 1.807) is 6.20 Å². The standard InChI is InChI=1S/C19H22BrN5/c1-13(15-8-9-15)10-17(21-2)24-18-16(20)12-23-19(25-18)22-11-14-6-4-3-5-7-14/h3-7,10,12,15,21H,1,8-9,11H2,2H3,(H2,22,23,24,25)/b17-10+. The summed E-state index contributed by atoms with van der Waals surface area (Å²) in [6.45, 7) is 4.81. The Morgan fingerprint density at radius 2 is 2.08 bits per heavy atom. The van der Waals surface area contributed by atoms with Crippen molar-refractivity contribution in [3.05, 3.63) is 70.6 Å². The van der Waals surface area contributed by atoms with Crippen LogP contribution in [0.3, 0.4) is 0 Å². The summed E-state index contributed by atoms with van der Waals surface area (Å²) >= 11 is 3.50. The molecule has 25 heavy (non-hydrogen) atoms. The third-order valence-corrected chi connectivity index (χ3v) is 4.57. The van der Waals surface area contributed by atoms with E-state index in [-0.39, 0.29) is 0 Å². The molecule has 130 valence electrons. The van der Waals surface area contributed by atoms with Crippen LogP contribution in [0.2, 0.25) is 0 Å². The molecule has 0 saturated heterocycles. The molecule has 1 aliphatic rings. The van der Waals surface area contributed by atoms with Crippen LogP contribution in [0.1, 0.15) is 18.4 Å². The topological polar surface area (TPSA) is 61.9 Å². The number of hydrogen-bond acceptors (Lipinski definition) is 5. The van der Waals surface area contributed by atoms with E-state index >= 15 is 0 Å². The Labute approximate surface area is 156 Å².